The number of para-hydroxylation sites is 1. The van der Waals surface area contributed by atoms with E-state index in [9.17, 15) is 9.59 Å². The number of hydrogen-bond acceptors (Lipinski definition) is 4. The van der Waals surface area contributed by atoms with Crippen LogP contribution in [0.3, 0.4) is 0 Å². The molecule has 0 bridgehead atoms. The van der Waals surface area contributed by atoms with E-state index in [2.05, 4.69) is 23.5 Å². The summed E-state index contributed by atoms with van der Waals surface area (Å²) in [6.45, 7) is 2.33. The molecule has 5 rings (SSSR count). The van der Waals surface area contributed by atoms with Gasteiger partial charge in [-0.1, -0.05) is 49.4 Å². The van der Waals surface area contributed by atoms with E-state index in [4.69, 9.17) is 9.47 Å². The van der Waals surface area contributed by atoms with E-state index in [-0.39, 0.29) is 24.5 Å². The normalized spacial score (nSPS) is 19.1. The summed E-state index contributed by atoms with van der Waals surface area (Å²) in [6.07, 6.45) is 3.10. The van der Waals surface area contributed by atoms with Crippen LogP contribution < -0.4 is 14.8 Å². The molecule has 3 aromatic carbocycles. The summed E-state index contributed by atoms with van der Waals surface area (Å²) in [4.78, 5) is 28.0. The van der Waals surface area contributed by atoms with Crippen LogP contribution >= 0.6 is 0 Å². The molecule has 2 amide bonds. The van der Waals surface area contributed by atoms with Crippen LogP contribution in [0, 0.1) is 0 Å². The van der Waals surface area contributed by atoms with Gasteiger partial charge in [-0.25, -0.2) is 0 Å². The number of rotatable bonds is 6. The van der Waals surface area contributed by atoms with Crippen LogP contribution in [0.5, 0.6) is 11.5 Å². The molecule has 1 aliphatic heterocycles. The third-order valence-electron chi connectivity index (χ3n) is 6.71. The van der Waals surface area contributed by atoms with Crippen molar-refractivity contribution in [2.45, 2.75) is 51.3 Å². The largest absolute Gasteiger partial charge is 0.484 e. The van der Waals surface area contributed by atoms with Gasteiger partial charge in [-0.05, 0) is 67.1 Å². The SMILES string of the molecule is CC[C@H]1Oc2ccc(NC(=O)COc3ccccc3)cc2CN([C@H]2CCCc3ccccc32)C1=O. The molecule has 35 heavy (non-hydrogen) atoms. The van der Waals surface area contributed by atoms with Gasteiger partial charge in [-0.3, -0.25) is 9.59 Å². The molecule has 3 aromatic rings. The van der Waals surface area contributed by atoms with Gasteiger partial charge in [0.05, 0.1) is 12.6 Å². The maximum Gasteiger partial charge on any atom is 0.264 e. The number of nitrogens with one attached hydrogen (secondary N) is 1. The molecule has 6 heteroatoms. The Balaban J connectivity index is 1.37. The first-order valence-corrected chi connectivity index (χ1v) is 12.3. The van der Waals surface area contributed by atoms with E-state index < -0.39 is 6.10 Å². The van der Waals surface area contributed by atoms with E-state index in [1.54, 1.807) is 0 Å². The summed E-state index contributed by atoms with van der Waals surface area (Å²) in [5, 5.41) is 2.91. The Morgan fingerprint density at radius 1 is 1.06 bits per heavy atom. The highest BCUT2D eigenvalue weighted by atomic mass is 16.5. The number of nitrogens with zero attached hydrogens (tertiary/aromatic N) is 1. The first kappa shape index (κ1) is 23.0. The van der Waals surface area contributed by atoms with E-state index in [0.29, 0.717) is 30.2 Å². The lowest BCUT2D eigenvalue weighted by Crippen LogP contribution is -2.42. The molecule has 1 heterocycles. The van der Waals surface area contributed by atoms with Gasteiger partial charge in [0.25, 0.3) is 11.8 Å². The van der Waals surface area contributed by atoms with Crippen LogP contribution in [-0.2, 0) is 22.6 Å². The second-order valence-electron chi connectivity index (χ2n) is 9.06. The molecule has 2 atom stereocenters. The van der Waals surface area contributed by atoms with E-state index in [0.717, 1.165) is 24.8 Å². The standard InChI is InChI=1S/C29H30N2O4/c1-2-26-29(33)31(25-14-8-10-20-9-6-7-13-24(20)25)18-21-17-22(15-16-27(21)35-26)30-28(32)19-34-23-11-4-3-5-12-23/h3-7,9,11-13,15-17,25-26H,2,8,10,14,18-19H2,1H3,(H,30,32)/t25-,26+/m0/s1. The summed E-state index contributed by atoms with van der Waals surface area (Å²) in [5.74, 6) is 1.11. The number of hydrogen-bond donors (Lipinski definition) is 1. The molecule has 0 saturated heterocycles. The smallest absolute Gasteiger partial charge is 0.264 e. The van der Waals surface area contributed by atoms with Gasteiger partial charge in [0, 0.05) is 11.3 Å². The van der Waals surface area contributed by atoms with Crippen molar-refractivity contribution in [3.8, 4) is 11.5 Å². The fourth-order valence-electron chi connectivity index (χ4n) is 4.98. The van der Waals surface area contributed by atoms with Crippen molar-refractivity contribution in [1.82, 2.24) is 4.90 Å². The Morgan fingerprint density at radius 2 is 1.86 bits per heavy atom. The molecule has 6 nitrogen and oxygen atoms in total. The van der Waals surface area contributed by atoms with Gasteiger partial charge >= 0.3 is 0 Å². The number of ether oxygens (including phenoxy) is 2. The van der Waals surface area contributed by atoms with Gasteiger partial charge in [0.15, 0.2) is 12.7 Å². The predicted octanol–water partition coefficient (Wildman–Crippen LogP) is 5.28. The number of benzene rings is 3. The molecule has 2 aliphatic rings. The van der Waals surface area contributed by atoms with Crippen LogP contribution in [0.2, 0.25) is 0 Å². The lowest BCUT2D eigenvalue weighted by molar-refractivity contribution is -0.141. The van der Waals surface area contributed by atoms with Crippen LogP contribution in [0.1, 0.15) is 48.9 Å². The Morgan fingerprint density at radius 3 is 2.69 bits per heavy atom. The molecular formula is C29H30N2O4. The van der Waals surface area contributed by atoms with Crippen LogP contribution in [0.15, 0.2) is 72.8 Å². The Bertz CT molecular complexity index is 1210. The molecule has 1 aliphatic carbocycles. The summed E-state index contributed by atoms with van der Waals surface area (Å²) in [7, 11) is 0. The molecule has 0 unspecified atom stereocenters. The number of amides is 2. The molecule has 0 aromatic heterocycles. The summed E-state index contributed by atoms with van der Waals surface area (Å²) < 4.78 is 11.7. The van der Waals surface area contributed by atoms with E-state index in [1.807, 2.05) is 66.4 Å². The van der Waals surface area contributed by atoms with Gasteiger partial charge in [-0.15, -0.1) is 0 Å². The molecular weight excluding hydrogens is 440 g/mol. The van der Waals surface area contributed by atoms with Gasteiger partial charge < -0.3 is 19.7 Å². The first-order valence-electron chi connectivity index (χ1n) is 12.3. The molecule has 1 N–H and O–H groups in total. The lowest BCUT2D eigenvalue weighted by atomic mass is 9.86. The highest BCUT2D eigenvalue weighted by molar-refractivity contribution is 5.92. The quantitative estimate of drug-likeness (QED) is 0.532. The van der Waals surface area contributed by atoms with Crippen molar-refractivity contribution < 1.29 is 19.1 Å². The van der Waals surface area contributed by atoms with Crippen LogP contribution in [-0.4, -0.2) is 29.4 Å². The first-order chi connectivity index (χ1) is 17.1. The second kappa shape index (κ2) is 10.2. The number of carbonyl (C=O) groups excluding carboxylic acids is 2. The number of anilines is 1. The van der Waals surface area contributed by atoms with Crippen molar-refractivity contribution in [3.05, 3.63) is 89.5 Å². The number of aryl methyl sites for hydroxylation is 1. The molecule has 0 saturated carbocycles. The van der Waals surface area contributed by atoms with Crippen molar-refractivity contribution in [2.24, 2.45) is 0 Å². The van der Waals surface area contributed by atoms with Gasteiger partial charge in [0.2, 0.25) is 0 Å². The topological polar surface area (TPSA) is 67.9 Å². The van der Waals surface area contributed by atoms with Crippen LogP contribution in [0.25, 0.3) is 0 Å². The Labute approximate surface area is 205 Å². The van der Waals surface area contributed by atoms with E-state index >= 15 is 0 Å². The minimum absolute atomic E-state index is 0.0206. The van der Waals surface area contributed by atoms with Crippen molar-refractivity contribution in [3.63, 3.8) is 0 Å². The highest BCUT2D eigenvalue weighted by Crippen LogP contribution is 2.39. The molecule has 0 radical (unpaired) electrons. The average molecular weight is 471 g/mol. The summed E-state index contributed by atoms with van der Waals surface area (Å²) >= 11 is 0. The zero-order valence-corrected chi connectivity index (χ0v) is 19.9. The maximum absolute atomic E-state index is 13.6. The van der Waals surface area contributed by atoms with Gasteiger partial charge in [0.1, 0.15) is 11.5 Å². The van der Waals surface area contributed by atoms with Gasteiger partial charge in [-0.2, -0.15) is 0 Å². The average Bonchev–Trinajstić information content (AvgIpc) is 3.03. The van der Waals surface area contributed by atoms with Crippen molar-refractivity contribution >= 4 is 17.5 Å². The third-order valence-corrected chi connectivity index (χ3v) is 6.71. The maximum atomic E-state index is 13.6. The summed E-state index contributed by atoms with van der Waals surface area (Å²) in [5.41, 5.74) is 4.09. The zero-order chi connectivity index (χ0) is 24.2. The molecule has 180 valence electrons. The second-order valence-corrected chi connectivity index (χ2v) is 9.06. The molecule has 0 fully saturated rings. The van der Waals surface area contributed by atoms with Crippen molar-refractivity contribution in [2.75, 3.05) is 11.9 Å². The number of fused-ring (bicyclic) bond motifs is 2. The predicted molar refractivity (Wildman–Crippen MR) is 134 cm³/mol. The van der Waals surface area contributed by atoms with E-state index in [1.165, 1.54) is 11.1 Å². The Hall–Kier alpha value is -3.80. The zero-order valence-electron chi connectivity index (χ0n) is 19.9. The fourth-order valence-corrected chi connectivity index (χ4v) is 4.98. The monoisotopic (exact) mass is 470 g/mol. The van der Waals surface area contributed by atoms with Crippen LogP contribution in [0.4, 0.5) is 5.69 Å². The lowest BCUT2D eigenvalue weighted by Gasteiger charge is -2.36. The fraction of sp³-hybridized carbons (Fsp3) is 0.310. The minimum Gasteiger partial charge on any atom is -0.484 e. The summed E-state index contributed by atoms with van der Waals surface area (Å²) in [6, 6.07) is 23.2. The Kier molecular flexibility index (Phi) is 6.70. The highest BCUT2D eigenvalue weighted by Gasteiger charge is 2.36. The molecule has 0 spiro atoms. The minimum atomic E-state index is -0.523. The third kappa shape index (κ3) is 5.02. The van der Waals surface area contributed by atoms with Crippen molar-refractivity contribution in [1.29, 1.82) is 0 Å². The number of carbonyl (C=O) groups is 2.